The summed E-state index contributed by atoms with van der Waals surface area (Å²) in [6, 6.07) is 11.8. The second-order valence-electron chi connectivity index (χ2n) is 7.27. The molecule has 3 aromatic rings. The summed E-state index contributed by atoms with van der Waals surface area (Å²) in [5, 5.41) is 12.6. The Balaban J connectivity index is 1.56. The van der Waals surface area contributed by atoms with Crippen molar-refractivity contribution in [3.63, 3.8) is 0 Å². The third kappa shape index (κ3) is 4.81. The van der Waals surface area contributed by atoms with E-state index in [9.17, 15) is 4.79 Å². The molecule has 0 aliphatic heterocycles. The molecule has 0 spiro atoms. The first-order valence-corrected chi connectivity index (χ1v) is 11.2. The molecule has 0 bridgehead atoms. The highest BCUT2D eigenvalue weighted by Crippen LogP contribution is 2.28. The predicted molar refractivity (Wildman–Crippen MR) is 117 cm³/mol. The Morgan fingerprint density at radius 1 is 1.10 bits per heavy atom. The number of amides is 1. The van der Waals surface area contributed by atoms with Crippen LogP contribution in [0, 0.1) is 0 Å². The molecule has 1 aliphatic carbocycles. The number of carbonyl (C=O) groups is 1. The topological polar surface area (TPSA) is 81.9 Å². The molecule has 2 heterocycles. The Labute approximate surface area is 180 Å². The van der Waals surface area contributed by atoms with Gasteiger partial charge in [-0.3, -0.25) is 14.3 Å². The number of aromatic nitrogens is 4. The lowest BCUT2D eigenvalue weighted by atomic mass is 9.95. The van der Waals surface area contributed by atoms with Crippen molar-refractivity contribution in [2.75, 3.05) is 12.9 Å². The number of methoxy groups -OCH3 is 1. The van der Waals surface area contributed by atoms with Gasteiger partial charge in [-0.05, 0) is 49.2 Å². The molecule has 1 N–H and O–H groups in total. The van der Waals surface area contributed by atoms with E-state index < -0.39 is 0 Å². The molecular weight excluding hydrogens is 398 g/mol. The van der Waals surface area contributed by atoms with Crippen LogP contribution in [0.15, 0.2) is 53.9 Å². The molecule has 0 saturated heterocycles. The van der Waals surface area contributed by atoms with Crippen molar-refractivity contribution in [1.29, 1.82) is 0 Å². The van der Waals surface area contributed by atoms with Gasteiger partial charge in [0.05, 0.1) is 12.9 Å². The van der Waals surface area contributed by atoms with E-state index >= 15 is 0 Å². The second kappa shape index (κ2) is 9.75. The number of thioether (sulfide) groups is 1. The standard InChI is InChI=1S/C22H25N5O2S/c1-29-19-9-7-18(8-10-19)27-21(16-11-13-23-14-12-16)25-26-22(27)30-15-20(28)24-17-5-3-2-4-6-17/h7-14,17H,2-6,15H2,1H3,(H,24,28). The number of ether oxygens (including phenoxy) is 1. The first-order chi connectivity index (χ1) is 14.7. The van der Waals surface area contributed by atoms with Crippen LogP contribution in [0.5, 0.6) is 5.75 Å². The molecule has 7 nitrogen and oxygen atoms in total. The van der Waals surface area contributed by atoms with Crippen molar-refractivity contribution in [2.45, 2.75) is 43.3 Å². The van der Waals surface area contributed by atoms with Gasteiger partial charge >= 0.3 is 0 Å². The van der Waals surface area contributed by atoms with Crippen LogP contribution in [0.25, 0.3) is 17.1 Å². The van der Waals surface area contributed by atoms with Gasteiger partial charge in [-0.1, -0.05) is 31.0 Å². The molecule has 1 amide bonds. The number of carbonyl (C=O) groups excluding carboxylic acids is 1. The lowest BCUT2D eigenvalue weighted by molar-refractivity contribution is -0.119. The lowest BCUT2D eigenvalue weighted by Crippen LogP contribution is -2.37. The van der Waals surface area contributed by atoms with Gasteiger partial charge in [-0.2, -0.15) is 0 Å². The summed E-state index contributed by atoms with van der Waals surface area (Å²) in [6.45, 7) is 0. The van der Waals surface area contributed by atoms with Crippen molar-refractivity contribution < 1.29 is 9.53 Å². The van der Waals surface area contributed by atoms with Crippen molar-refractivity contribution in [3.8, 4) is 22.8 Å². The number of pyridine rings is 1. The van der Waals surface area contributed by atoms with E-state index in [4.69, 9.17) is 4.74 Å². The van der Waals surface area contributed by atoms with Gasteiger partial charge in [-0.15, -0.1) is 10.2 Å². The van der Waals surface area contributed by atoms with Gasteiger partial charge in [0.25, 0.3) is 0 Å². The highest BCUT2D eigenvalue weighted by Gasteiger charge is 2.19. The molecule has 1 aliphatic rings. The Bertz CT molecular complexity index is 969. The first-order valence-electron chi connectivity index (χ1n) is 10.2. The zero-order valence-corrected chi connectivity index (χ0v) is 17.8. The van der Waals surface area contributed by atoms with E-state index in [-0.39, 0.29) is 5.91 Å². The summed E-state index contributed by atoms with van der Waals surface area (Å²) >= 11 is 1.39. The third-order valence-corrected chi connectivity index (χ3v) is 6.13. The number of hydrogen-bond donors (Lipinski definition) is 1. The monoisotopic (exact) mass is 423 g/mol. The molecule has 156 valence electrons. The fourth-order valence-corrected chi connectivity index (χ4v) is 4.42. The Morgan fingerprint density at radius 2 is 1.83 bits per heavy atom. The van der Waals surface area contributed by atoms with E-state index in [0.29, 0.717) is 22.8 Å². The molecule has 8 heteroatoms. The van der Waals surface area contributed by atoms with Crippen LogP contribution in [-0.2, 0) is 4.79 Å². The Hall–Kier alpha value is -2.87. The average Bonchev–Trinajstić information content (AvgIpc) is 3.23. The summed E-state index contributed by atoms with van der Waals surface area (Å²) in [5.74, 6) is 1.83. The van der Waals surface area contributed by atoms with Gasteiger partial charge in [-0.25, -0.2) is 0 Å². The summed E-state index contributed by atoms with van der Waals surface area (Å²) in [6.07, 6.45) is 9.26. The quantitative estimate of drug-likeness (QED) is 0.581. The second-order valence-corrected chi connectivity index (χ2v) is 8.21. The van der Waals surface area contributed by atoms with Crippen molar-refractivity contribution in [1.82, 2.24) is 25.1 Å². The minimum Gasteiger partial charge on any atom is -0.497 e. The zero-order valence-electron chi connectivity index (χ0n) is 17.0. The van der Waals surface area contributed by atoms with E-state index in [2.05, 4.69) is 20.5 Å². The zero-order chi connectivity index (χ0) is 20.8. The van der Waals surface area contributed by atoms with Gasteiger partial charge in [0, 0.05) is 29.7 Å². The molecular formula is C22H25N5O2S. The first kappa shape index (κ1) is 20.4. The summed E-state index contributed by atoms with van der Waals surface area (Å²) in [7, 11) is 1.64. The van der Waals surface area contributed by atoms with Crippen molar-refractivity contribution in [2.24, 2.45) is 0 Å². The number of nitrogens with zero attached hydrogens (tertiary/aromatic N) is 4. The Kier molecular flexibility index (Phi) is 6.63. The molecule has 0 radical (unpaired) electrons. The molecule has 4 rings (SSSR count). The van der Waals surface area contributed by atoms with Crippen LogP contribution in [0.4, 0.5) is 0 Å². The van der Waals surface area contributed by atoms with Gasteiger partial charge in [0.1, 0.15) is 5.75 Å². The Morgan fingerprint density at radius 3 is 2.53 bits per heavy atom. The number of hydrogen-bond acceptors (Lipinski definition) is 6. The van der Waals surface area contributed by atoms with Crippen molar-refractivity contribution >= 4 is 17.7 Å². The highest BCUT2D eigenvalue weighted by atomic mass is 32.2. The SMILES string of the molecule is COc1ccc(-n2c(SCC(=O)NC3CCCCC3)nnc2-c2ccncc2)cc1. The van der Waals surface area contributed by atoms with E-state index in [1.807, 2.05) is 41.0 Å². The van der Waals surface area contributed by atoms with Gasteiger partial charge in [0.2, 0.25) is 5.91 Å². The van der Waals surface area contributed by atoms with Crippen LogP contribution in [0.3, 0.4) is 0 Å². The number of benzene rings is 1. The van der Waals surface area contributed by atoms with Crippen LogP contribution in [0.2, 0.25) is 0 Å². The van der Waals surface area contributed by atoms with Crippen molar-refractivity contribution in [3.05, 3.63) is 48.8 Å². The normalized spacial score (nSPS) is 14.4. The fourth-order valence-electron chi connectivity index (χ4n) is 3.66. The maximum atomic E-state index is 12.5. The number of nitrogens with one attached hydrogen (secondary N) is 1. The minimum atomic E-state index is 0.0432. The molecule has 2 aromatic heterocycles. The van der Waals surface area contributed by atoms with Crippen LogP contribution in [0.1, 0.15) is 32.1 Å². The lowest BCUT2D eigenvalue weighted by Gasteiger charge is -2.22. The van der Waals surface area contributed by atoms with Gasteiger partial charge in [0.15, 0.2) is 11.0 Å². The number of rotatable bonds is 7. The summed E-state index contributed by atoms with van der Waals surface area (Å²) in [5.41, 5.74) is 1.81. The predicted octanol–water partition coefficient (Wildman–Crippen LogP) is 3.88. The molecule has 1 aromatic carbocycles. The maximum Gasteiger partial charge on any atom is 0.230 e. The van der Waals surface area contributed by atoms with Crippen LogP contribution >= 0.6 is 11.8 Å². The molecule has 1 fully saturated rings. The average molecular weight is 424 g/mol. The van der Waals surface area contributed by atoms with E-state index in [1.54, 1.807) is 19.5 Å². The molecule has 0 unspecified atom stereocenters. The van der Waals surface area contributed by atoms with E-state index in [0.717, 1.165) is 29.8 Å². The van der Waals surface area contributed by atoms with Gasteiger partial charge < -0.3 is 10.1 Å². The van der Waals surface area contributed by atoms with Crippen LogP contribution < -0.4 is 10.1 Å². The smallest absolute Gasteiger partial charge is 0.230 e. The van der Waals surface area contributed by atoms with E-state index in [1.165, 1.54) is 31.0 Å². The fraction of sp³-hybridized carbons (Fsp3) is 0.364. The minimum absolute atomic E-state index is 0.0432. The maximum absolute atomic E-state index is 12.5. The molecule has 0 atom stereocenters. The molecule has 30 heavy (non-hydrogen) atoms. The summed E-state index contributed by atoms with van der Waals surface area (Å²) < 4.78 is 7.24. The van der Waals surface area contributed by atoms with Crippen LogP contribution in [-0.4, -0.2) is 44.6 Å². The molecule has 1 saturated carbocycles. The third-order valence-electron chi connectivity index (χ3n) is 5.21. The largest absolute Gasteiger partial charge is 0.497 e. The summed E-state index contributed by atoms with van der Waals surface area (Å²) in [4.78, 5) is 16.6. The highest BCUT2D eigenvalue weighted by molar-refractivity contribution is 7.99.